The quantitative estimate of drug-likeness (QED) is 0.426. The van der Waals surface area contributed by atoms with E-state index in [9.17, 15) is 31.5 Å². The zero-order chi connectivity index (χ0) is 28.0. The molecule has 10 heteroatoms. The zero-order valence-corrected chi connectivity index (χ0v) is 22.1. The van der Waals surface area contributed by atoms with Crippen molar-refractivity contribution in [2.24, 2.45) is 0 Å². The van der Waals surface area contributed by atoms with Gasteiger partial charge in [-0.15, -0.1) is 0 Å². The van der Waals surface area contributed by atoms with Crippen LogP contribution in [0.5, 0.6) is 0 Å². The summed E-state index contributed by atoms with van der Waals surface area (Å²) in [5.74, 6) is -0.416. The lowest BCUT2D eigenvalue weighted by molar-refractivity contribution is -0.137. The van der Waals surface area contributed by atoms with E-state index >= 15 is 0 Å². The fourth-order valence-electron chi connectivity index (χ4n) is 5.27. The van der Waals surface area contributed by atoms with Crippen molar-refractivity contribution in [3.63, 3.8) is 0 Å². The average Bonchev–Trinajstić information content (AvgIpc) is 3.70. The second-order valence-corrected chi connectivity index (χ2v) is 12.5. The van der Waals surface area contributed by atoms with Gasteiger partial charge in [-0.1, -0.05) is 25.1 Å². The Bertz CT molecular complexity index is 1480. The van der Waals surface area contributed by atoms with E-state index in [2.05, 4.69) is 10.2 Å². The number of amides is 1. The molecule has 5 rings (SSSR count). The van der Waals surface area contributed by atoms with Crippen molar-refractivity contribution < 1.29 is 31.5 Å². The van der Waals surface area contributed by atoms with Crippen LogP contribution in [0.25, 0.3) is 0 Å². The number of aliphatic hydroxyl groups is 1. The minimum absolute atomic E-state index is 0.0254. The predicted molar refractivity (Wildman–Crippen MR) is 141 cm³/mol. The number of fused-ring (bicyclic) bond motifs is 2. The van der Waals surface area contributed by atoms with Gasteiger partial charge in [0.1, 0.15) is 0 Å². The van der Waals surface area contributed by atoms with E-state index < -0.39 is 33.5 Å². The van der Waals surface area contributed by atoms with Crippen molar-refractivity contribution >= 4 is 21.4 Å². The van der Waals surface area contributed by atoms with Gasteiger partial charge in [0.2, 0.25) is 0 Å². The number of nitrogens with one attached hydrogen (secondary N) is 1. The van der Waals surface area contributed by atoms with E-state index in [4.69, 9.17) is 0 Å². The molecule has 1 unspecified atom stereocenters. The molecule has 1 amide bonds. The number of anilines is 1. The van der Waals surface area contributed by atoms with Gasteiger partial charge in [-0.3, -0.25) is 4.79 Å². The first-order chi connectivity index (χ1) is 18.5. The Kier molecular flexibility index (Phi) is 6.97. The summed E-state index contributed by atoms with van der Waals surface area (Å²) < 4.78 is 63.2. The van der Waals surface area contributed by atoms with Gasteiger partial charge >= 0.3 is 6.18 Å². The van der Waals surface area contributed by atoms with Crippen LogP contribution in [0, 0.1) is 0 Å². The van der Waals surface area contributed by atoms with Crippen LogP contribution in [-0.4, -0.2) is 38.3 Å². The van der Waals surface area contributed by atoms with Gasteiger partial charge in [0, 0.05) is 29.8 Å². The molecule has 206 valence electrons. The zero-order valence-electron chi connectivity index (χ0n) is 21.3. The monoisotopic (exact) mass is 558 g/mol. The van der Waals surface area contributed by atoms with Crippen LogP contribution in [0.15, 0.2) is 71.6 Å². The topological polar surface area (TPSA) is 86.7 Å². The molecule has 1 saturated carbocycles. The highest BCUT2D eigenvalue weighted by molar-refractivity contribution is 7.91. The number of carbonyl (C=O) groups excluding carboxylic acids is 1. The van der Waals surface area contributed by atoms with Gasteiger partial charge in [-0.05, 0) is 78.1 Å². The van der Waals surface area contributed by atoms with Crippen LogP contribution >= 0.6 is 0 Å². The molecule has 0 aromatic heterocycles. The van der Waals surface area contributed by atoms with Gasteiger partial charge < -0.3 is 15.3 Å². The number of aliphatic hydroxyl groups excluding tert-OH is 1. The van der Waals surface area contributed by atoms with Crippen LogP contribution < -0.4 is 10.2 Å². The lowest BCUT2D eigenvalue weighted by Gasteiger charge is -2.37. The highest BCUT2D eigenvalue weighted by Crippen LogP contribution is 2.53. The van der Waals surface area contributed by atoms with Crippen molar-refractivity contribution in [2.45, 2.75) is 48.8 Å². The van der Waals surface area contributed by atoms with Gasteiger partial charge in [-0.25, -0.2) is 8.42 Å². The minimum atomic E-state index is -4.39. The molecule has 1 heterocycles. The predicted octanol–water partition coefficient (Wildman–Crippen LogP) is 5.01. The highest BCUT2D eigenvalue weighted by atomic mass is 32.2. The Labute approximate surface area is 225 Å². The molecular formula is C29H29F3N2O4S. The van der Waals surface area contributed by atoms with Gasteiger partial charge in [0.25, 0.3) is 5.91 Å². The summed E-state index contributed by atoms with van der Waals surface area (Å²) in [6, 6.07) is 16.0. The second kappa shape index (κ2) is 9.98. The Balaban J connectivity index is 1.35. The lowest BCUT2D eigenvalue weighted by atomic mass is 9.85. The van der Waals surface area contributed by atoms with E-state index in [1.165, 1.54) is 24.3 Å². The van der Waals surface area contributed by atoms with Crippen LogP contribution in [0.2, 0.25) is 0 Å². The number of benzene rings is 3. The third-order valence-corrected chi connectivity index (χ3v) is 9.47. The summed E-state index contributed by atoms with van der Waals surface area (Å²) in [6.07, 6.45) is -2.45. The molecule has 0 radical (unpaired) electrons. The number of halogens is 3. The third-order valence-electron chi connectivity index (χ3n) is 7.72. The molecule has 1 spiro atoms. The fraction of sp³-hybridized carbons (Fsp3) is 0.345. The van der Waals surface area contributed by atoms with E-state index in [-0.39, 0.29) is 22.7 Å². The third kappa shape index (κ3) is 5.40. The average molecular weight is 559 g/mol. The summed E-state index contributed by atoms with van der Waals surface area (Å²) in [5, 5.41) is 12.8. The van der Waals surface area contributed by atoms with E-state index in [0.29, 0.717) is 29.9 Å². The van der Waals surface area contributed by atoms with Crippen LogP contribution in [-0.2, 0) is 28.0 Å². The molecule has 1 aliphatic heterocycles. The Morgan fingerprint density at radius 2 is 1.72 bits per heavy atom. The van der Waals surface area contributed by atoms with Gasteiger partial charge in [0.15, 0.2) is 9.84 Å². The Morgan fingerprint density at radius 1 is 1.05 bits per heavy atom. The van der Waals surface area contributed by atoms with Crippen molar-refractivity contribution in [2.75, 3.05) is 23.8 Å². The minimum Gasteiger partial charge on any atom is -0.394 e. The first-order valence-electron chi connectivity index (χ1n) is 12.8. The maximum atomic E-state index is 13.2. The highest BCUT2D eigenvalue weighted by Gasteiger charge is 2.49. The standard InChI is InChI=1S/C29H29F3N2O4S/c1-2-39(37,38)24-10-3-19(4-11-24)26(17-35)33-27(36)20-5-12-25-21(15-20)16-34(18-28(25)13-14-28)23-8-6-22(7-9-23)29(30,31)32/h3-12,15,26,35H,2,13-14,16-18H2,1H3,(H,33,36). The molecule has 6 nitrogen and oxygen atoms in total. The normalized spacial score (nSPS) is 17.0. The molecule has 1 atom stereocenters. The summed E-state index contributed by atoms with van der Waals surface area (Å²) in [7, 11) is -3.36. The van der Waals surface area contributed by atoms with Crippen LogP contribution in [0.3, 0.4) is 0 Å². The van der Waals surface area contributed by atoms with Gasteiger partial charge in [0.05, 0.1) is 28.9 Å². The molecular weight excluding hydrogens is 529 g/mol. The van der Waals surface area contributed by atoms with Crippen molar-refractivity contribution in [1.29, 1.82) is 0 Å². The molecule has 3 aromatic carbocycles. The van der Waals surface area contributed by atoms with Crippen molar-refractivity contribution in [3.05, 3.63) is 94.5 Å². The number of sulfone groups is 1. The molecule has 0 bridgehead atoms. The fourth-order valence-corrected chi connectivity index (χ4v) is 6.15. The van der Waals surface area contributed by atoms with E-state index in [1.807, 2.05) is 12.1 Å². The van der Waals surface area contributed by atoms with E-state index in [1.54, 1.807) is 25.1 Å². The van der Waals surface area contributed by atoms with Crippen molar-refractivity contribution in [1.82, 2.24) is 5.32 Å². The molecule has 3 aromatic rings. The molecule has 1 aliphatic carbocycles. The molecule has 0 saturated heterocycles. The number of nitrogens with zero attached hydrogens (tertiary/aromatic N) is 1. The smallest absolute Gasteiger partial charge is 0.394 e. The number of hydrogen-bond acceptors (Lipinski definition) is 5. The first kappa shape index (κ1) is 27.2. The molecule has 2 N–H and O–H groups in total. The molecule has 39 heavy (non-hydrogen) atoms. The SMILES string of the molecule is CCS(=O)(=O)c1ccc(C(CO)NC(=O)c2ccc3c(c2)CN(c2ccc(C(F)(F)F)cc2)CC32CC2)cc1. The summed E-state index contributed by atoms with van der Waals surface area (Å²) >= 11 is 0. The van der Waals surface area contributed by atoms with E-state index in [0.717, 1.165) is 36.1 Å². The summed E-state index contributed by atoms with van der Waals surface area (Å²) in [4.78, 5) is 15.4. The maximum Gasteiger partial charge on any atom is 0.416 e. The first-order valence-corrected chi connectivity index (χ1v) is 14.4. The van der Waals surface area contributed by atoms with Gasteiger partial charge in [-0.2, -0.15) is 13.2 Å². The molecule has 2 aliphatic rings. The Hall–Kier alpha value is -3.37. The number of alkyl halides is 3. The van der Waals surface area contributed by atoms with Crippen LogP contribution in [0.4, 0.5) is 18.9 Å². The number of carbonyl (C=O) groups is 1. The van der Waals surface area contributed by atoms with Crippen LogP contribution in [0.1, 0.15) is 58.4 Å². The Morgan fingerprint density at radius 3 is 2.28 bits per heavy atom. The summed E-state index contributed by atoms with van der Waals surface area (Å²) in [5.41, 5.74) is 3.02. The van der Waals surface area contributed by atoms with Crippen molar-refractivity contribution in [3.8, 4) is 0 Å². The number of hydrogen-bond donors (Lipinski definition) is 2. The second-order valence-electron chi connectivity index (χ2n) is 10.2. The maximum absolute atomic E-state index is 13.2. The molecule has 1 fully saturated rings. The largest absolute Gasteiger partial charge is 0.416 e. The summed E-state index contributed by atoms with van der Waals surface area (Å²) in [6.45, 7) is 2.35. The number of rotatable bonds is 7. The lowest BCUT2D eigenvalue weighted by Crippen LogP contribution is -2.38.